The molecule has 0 heterocycles. The van der Waals surface area contributed by atoms with Gasteiger partial charge in [-0.1, -0.05) is 29.4 Å². The Kier molecular flexibility index (Phi) is 4.19. The molecular formula is C10H11N3O2. The molecule has 0 aliphatic rings. The van der Waals surface area contributed by atoms with E-state index in [-0.39, 0.29) is 6.42 Å². The van der Waals surface area contributed by atoms with Crippen LogP contribution < -0.4 is 0 Å². The van der Waals surface area contributed by atoms with E-state index in [1.807, 2.05) is 12.1 Å². The lowest BCUT2D eigenvalue weighted by molar-refractivity contribution is -0.137. The fourth-order valence-corrected chi connectivity index (χ4v) is 1.30. The number of carbonyl (C=O) groups is 1. The molecule has 1 rings (SSSR count). The number of nitrogens with zero attached hydrogens (tertiary/aromatic N) is 3. The minimum absolute atomic E-state index is 0.130. The standard InChI is InChI=1S/C10H11N3O2/c11-13-12-9-6-2-1-4-8(9)5-3-7-10(14)15/h1-2,4,6H,3,5,7H2,(H,14,15). The van der Waals surface area contributed by atoms with Crippen molar-refractivity contribution >= 4 is 11.7 Å². The Bertz CT molecular complexity index is 397. The minimum Gasteiger partial charge on any atom is -0.481 e. The first-order valence-corrected chi connectivity index (χ1v) is 4.59. The third kappa shape index (κ3) is 3.70. The molecule has 0 spiro atoms. The maximum Gasteiger partial charge on any atom is 0.303 e. The number of aryl methyl sites for hydroxylation is 1. The van der Waals surface area contributed by atoms with Crippen molar-refractivity contribution < 1.29 is 9.90 Å². The summed E-state index contributed by atoms with van der Waals surface area (Å²) in [5, 5.41) is 12.0. The van der Waals surface area contributed by atoms with E-state index in [0.29, 0.717) is 18.5 Å². The highest BCUT2D eigenvalue weighted by Crippen LogP contribution is 2.20. The summed E-state index contributed by atoms with van der Waals surface area (Å²) in [4.78, 5) is 13.0. The molecule has 0 aromatic heterocycles. The van der Waals surface area contributed by atoms with Gasteiger partial charge in [0.2, 0.25) is 0 Å². The van der Waals surface area contributed by atoms with Crippen molar-refractivity contribution in [2.75, 3.05) is 0 Å². The van der Waals surface area contributed by atoms with E-state index in [9.17, 15) is 4.79 Å². The predicted molar refractivity (Wildman–Crippen MR) is 55.8 cm³/mol. The lowest BCUT2D eigenvalue weighted by atomic mass is 10.1. The largest absolute Gasteiger partial charge is 0.481 e. The van der Waals surface area contributed by atoms with Crippen molar-refractivity contribution in [1.82, 2.24) is 0 Å². The van der Waals surface area contributed by atoms with E-state index < -0.39 is 5.97 Å². The van der Waals surface area contributed by atoms with Crippen LogP contribution in [0, 0.1) is 0 Å². The molecule has 0 radical (unpaired) electrons. The number of carboxylic acids is 1. The van der Waals surface area contributed by atoms with E-state index in [1.165, 1.54) is 0 Å². The van der Waals surface area contributed by atoms with E-state index in [0.717, 1.165) is 5.56 Å². The van der Waals surface area contributed by atoms with Crippen LogP contribution in [0.1, 0.15) is 18.4 Å². The molecule has 0 unspecified atom stereocenters. The summed E-state index contributed by atoms with van der Waals surface area (Å²) >= 11 is 0. The highest BCUT2D eigenvalue weighted by atomic mass is 16.4. The first-order chi connectivity index (χ1) is 7.24. The summed E-state index contributed by atoms with van der Waals surface area (Å²) in [6, 6.07) is 7.18. The molecule has 5 heteroatoms. The predicted octanol–water partition coefficient (Wildman–Crippen LogP) is 3.04. The molecule has 1 aromatic carbocycles. The molecule has 0 amide bonds. The Morgan fingerprint density at radius 1 is 1.47 bits per heavy atom. The lowest BCUT2D eigenvalue weighted by Gasteiger charge is -2.02. The van der Waals surface area contributed by atoms with Gasteiger partial charge in [0.1, 0.15) is 0 Å². The first kappa shape index (κ1) is 11.1. The molecule has 0 aliphatic heterocycles. The summed E-state index contributed by atoms with van der Waals surface area (Å²) in [5.74, 6) is -0.809. The monoisotopic (exact) mass is 205 g/mol. The van der Waals surface area contributed by atoms with Crippen LogP contribution >= 0.6 is 0 Å². The van der Waals surface area contributed by atoms with Crippen LogP contribution in [-0.2, 0) is 11.2 Å². The zero-order valence-corrected chi connectivity index (χ0v) is 8.13. The Morgan fingerprint density at radius 3 is 2.87 bits per heavy atom. The quantitative estimate of drug-likeness (QED) is 0.455. The van der Waals surface area contributed by atoms with E-state index in [2.05, 4.69) is 10.0 Å². The highest BCUT2D eigenvalue weighted by Gasteiger charge is 2.01. The molecule has 0 aliphatic carbocycles. The summed E-state index contributed by atoms with van der Waals surface area (Å²) in [7, 11) is 0. The maximum atomic E-state index is 10.3. The van der Waals surface area contributed by atoms with Gasteiger partial charge in [-0.3, -0.25) is 4.79 Å². The van der Waals surface area contributed by atoms with Gasteiger partial charge in [0.25, 0.3) is 0 Å². The molecule has 0 saturated carbocycles. The number of carboxylic acid groups (broad SMARTS) is 1. The smallest absolute Gasteiger partial charge is 0.303 e. The molecular weight excluding hydrogens is 194 g/mol. The maximum absolute atomic E-state index is 10.3. The fourth-order valence-electron chi connectivity index (χ4n) is 1.30. The molecule has 0 saturated heterocycles. The van der Waals surface area contributed by atoms with Crippen molar-refractivity contribution in [1.29, 1.82) is 0 Å². The lowest BCUT2D eigenvalue weighted by Crippen LogP contribution is -1.95. The van der Waals surface area contributed by atoms with Crippen LogP contribution in [0.15, 0.2) is 29.4 Å². The fraction of sp³-hybridized carbons (Fsp3) is 0.300. The van der Waals surface area contributed by atoms with Gasteiger partial charge in [0.15, 0.2) is 0 Å². The van der Waals surface area contributed by atoms with Gasteiger partial charge in [-0.25, -0.2) is 0 Å². The van der Waals surface area contributed by atoms with Gasteiger partial charge >= 0.3 is 5.97 Å². The summed E-state index contributed by atoms with van der Waals surface area (Å²) in [5.41, 5.74) is 9.78. The third-order valence-electron chi connectivity index (χ3n) is 1.98. The molecule has 78 valence electrons. The Morgan fingerprint density at radius 2 is 2.20 bits per heavy atom. The third-order valence-corrected chi connectivity index (χ3v) is 1.98. The van der Waals surface area contributed by atoms with Gasteiger partial charge in [0, 0.05) is 17.0 Å². The second-order valence-electron chi connectivity index (χ2n) is 3.07. The summed E-state index contributed by atoms with van der Waals surface area (Å²) in [6.07, 6.45) is 1.29. The van der Waals surface area contributed by atoms with Crippen molar-refractivity contribution in [3.05, 3.63) is 40.3 Å². The number of hydrogen-bond donors (Lipinski definition) is 1. The van der Waals surface area contributed by atoms with Crippen LogP contribution in [0.3, 0.4) is 0 Å². The number of aliphatic carboxylic acids is 1. The molecule has 0 fully saturated rings. The van der Waals surface area contributed by atoms with Gasteiger partial charge in [-0.2, -0.15) is 0 Å². The van der Waals surface area contributed by atoms with Crippen molar-refractivity contribution in [2.24, 2.45) is 5.11 Å². The van der Waals surface area contributed by atoms with Crippen molar-refractivity contribution in [3.8, 4) is 0 Å². The normalized spacial score (nSPS) is 9.33. The second kappa shape index (κ2) is 5.67. The molecule has 0 bridgehead atoms. The van der Waals surface area contributed by atoms with Gasteiger partial charge in [-0.05, 0) is 23.9 Å². The van der Waals surface area contributed by atoms with Crippen molar-refractivity contribution in [2.45, 2.75) is 19.3 Å². The molecule has 0 atom stereocenters. The second-order valence-corrected chi connectivity index (χ2v) is 3.07. The summed E-state index contributed by atoms with van der Waals surface area (Å²) < 4.78 is 0. The number of benzene rings is 1. The average Bonchev–Trinajstić information content (AvgIpc) is 2.20. The van der Waals surface area contributed by atoms with E-state index >= 15 is 0 Å². The minimum atomic E-state index is -0.809. The van der Waals surface area contributed by atoms with Gasteiger partial charge in [-0.15, -0.1) is 0 Å². The SMILES string of the molecule is [N-]=[N+]=Nc1ccccc1CCCC(=O)O. The average molecular weight is 205 g/mol. The zero-order chi connectivity index (χ0) is 11.1. The molecule has 5 nitrogen and oxygen atoms in total. The van der Waals surface area contributed by atoms with Crippen LogP contribution in [0.4, 0.5) is 5.69 Å². The van der Waals surface area contributed by atoms with E-state index in [4.69, 9.17) is 10.6 Å². The topological polar surface area (TPSA) is 86.1 Å². The van der Waals surface area contributed by atoms with Gasteiger partial charge < -0.3 is 5.11 Å². The van der Waals surface area contributed by atoms with Crippen LogP contribution in [-0.4, -0.2) is 11.1 Å². The molecule has 15 heavy (non-hydrogen) atoms. The molecule has 1 aromatic rings. The first-order valence-electron chi connectivity index (χ1n) is 4.59. The Labute approximate surface area is 87.0 Å². The zero-order valence-electron chi connectivity index (χ0n) is 8.13. The Balaban J connectivity index is 2.67. The number of hydrogen-bond acceptors (Lipinski definition) is 2. The highest BCUT2D eigenvalue weighted by molar-refractivity contribution is 5.66. The number of rotatable bonds is 5. The van der Waals surface area contributed by atoms with Crippen LogP contribution in [0.5, 0.6) is 0 Å². The number of azide groups is 1. The summed E-state index contributed by atoms with van der Waals surface area (Å²) in [6.45, 7) is 0. The Hall–Kier alpha value is -2.00. The molecule has 1 N–H and O–H groups in total. The van der Waals surface area contributed by atoms with Gasteiger partial charge in [0.05, 0.1) is 0 Å². The van der Waals surface area contributed by atoms with Crippen LogP contribution in [0.2, 0.25) is 0 Å². The van der Waals surface area contributed by atoms with Crippen molar-refractivity contribution in [3.63, 3.8) is 0 Å². The van der Waals surface area contributed by atoms with E-state index in [1.54, 1.807) is 12.1 Å². The van der Waals surface area contributed by atoms with Crippen LogP contribution in [0.25, 0.3) is 10.4 Å².